The topological polar surface area (TPSA) is 63.2 Å². The Morgan fingerprint density at radius 3 is 2.39 bits per heavy atom. The van der Waals surface area contributed by atoms with Crippen LogP contribution in [0.15, 0.2) is 24.3 Å². The van der Waals surface area contributed by atoms with E-state index in [0.717, 1.165) is 49.4 Å². The highest BCUT2D eigenvalue weighted by molar-refractivity contribution is 5.88. The molecule has 0 amide bonds. The number of hydrogen-bond donors (Lipinski definition) is 1. The Hall–Kier alpha value is -2.87. The number of nitrogens with zero attached hydrogens (tertiary/aromatic N) is 4. The molecular formula is C28H37F2N5O. The number of ether oxygens (including phenoxy) is 1. The number of pyridine rings is 1. The summed E-state index contributed by atoms with van der Waals surface area (Å²) in [6.45, 7) is 13.0. The Kier molecular flexibility index (Phi) is 7.46. The maximum Gasteiger partial charge on any atom is 0.270 e. The van der Waals surface area contributed by atoms with Crippen LogP contribution in [0, 0.1) is 13.8 Å². The summed E-state index contributed by atoms with van der Waals surface area (Å²) in [6, 6.07) is 7.45. The van der Waals surface area contributed by atoms with Gasteiger partial charge in [0, 0.05) is 24.1 Å². The number of piperidine rings is 1. The number of aromatic nitrogens is 3. The maximum absolute atomic E-state index is 14.1. The van der Waals surface area contributed by atoms with Gasteiger partial charge < -0.3 is 15.0 Å². The van der Waals surface area contributed by atoms with Crippen molar-refractivity contribution in [2.45, 2.75) is 78.3 Å². The molecule has 1 N–H and O–H groups in total. The molecule has 1 atom stereocenters. The van der Waals surface area contributed by atoms with Crippen LogP contribution in [0.1, 0.15) is 80.6 Å². The Morgan fingerprint density at radius 2 is 1.78 bits per heavy atom. The molecule has 0 bridgehead atoms. The number of methoxy groups -OCH3 is 1. The number of hydrogen-bond acceptors (Lipinski definition) is 6. The summed E-state index contributed by atoms with van der Waals surface area (Å²) in [5, 5.41) is 4.28. The van der Waals surface area contributed by atoms with Gasteiger partial charge in [-0.25, -0.2) is 18.7 Å². The van der Waals surface area contributed by atoms with Crippen molar-refractivity contribution in [3.8, 4) is 5.88 Å². The zero-order chi connectivity index (χ0) is 26.2. The van der Waals surface area contributed by atoms with Crippen LogP contribution in [0.3, 0.4) is 0 Å². The lowest BCUT2D eigenvalue weighted by molar-refractivity contribution is 0.0167. The molecule has 3 aromatic rings. The average molecular weight is 498 g/mol. The molecule has 0 unspecified atom stereocenters. The van der Waals surface area contributed by atoms with E-state index < -0.39 is 5.92 Å². The highest BCUT2D eigenvalue weighted by Gasteiger charge is 2.29. The van der Waals surface area contributed by atoms with Gasteiger partial charge >= 0.3 is 0 Å². The van der Waals surface area contributed by atoms with E-state index in [1.807, 2.05) is 19.9 Å². The second-order valence-corrected chi connectivity index (χ2v) is 10.3. The molecule has 36 heavy (non-hydrogen) atoms. The molecule has 6 nitrogen and oxygen atoms in total. The van der Waals surface area contributed by atoms with Gasteiger partial charge in [-0.05, 0) is 83.7 Å². The molecule has 1 aliphatic heterocycles. The molecule has 0 spiro atoms. The van der Waals surface area contributed by atoms with E-state index in [4.69, 9.17) is 9.72 Å². The molecule has 1 saturated heterocycles. The number of nitrogens with one attached hydrogen (secondary N) is 1. The summed E-state index contributed by atoms with van der Waals surface area (Å²) in [4.78, 5) is 16.5. The second-order valence-electron chi connectivity index (χ2n) is 10.3. The van der Waals surface area contributed by atoms with Crippen LogP contribution in [-0.2, 0) is 5.92 Å². The Labute approximate surface area is 212 Å². The SMILES string of the molecule is COc1nc2nc(C)nc(N[C@H](C)c3cccc(C(C)(F)F)c3C)c2cc1C1CCN(C(C)C)CC1. The van der Waals surface area contributed by atoms with Crippen LogP contribution in [-0.4, -0.2) is 46.1 Å². The molecule has 1 aromatic carbocycles. The lowest BCUT2D eigenvalue weighted by Crippen LogP contribution is -2.37. The van der Waals surface area contributed by atoms with Gasteiger partial charge in [0.2, 0.25) is 5.88 Å². The summed E-state index contributed by atoms with van der Waals surface area (Å²) in [7, 11) is 1.65. The van der Waals surface area contributed by atoms with Crippen molar-refractivity contribution in [3.05, 3.63) is 52.3 Å². The van der Waals surface area contributed by atoms with E-state index in [1.54, 1.807) is 20.1 Å². The Bertz CT molecular complexity index is 1230. The predicted molar refractivity (Wildman–Crippen MR) is 140 cm³/mol. The Morgan fingerprint density at radius 1 is 1.08 bits per heavy atom. The number of benzene rings is 1. The van der Waals surface area contributed by atoms with Gasteiger partial charge in [-0.3, -0.25) is 0 Å². The minimum atomic E-state index is -2.90. The number of likely N-dealkylation sites (tertiary alicyclic amines) is 1. The fourth-order valence-electron chi connectivity index (χ4n) is 5.34. The molecule has 3 heterocycles. The van der Waals surface area contributed by atoms with Crippen molar-refractivity contribution in [1.29, 1.82) is 0 Å². The summed E-state index contributed by atoms with van der Waals surface area (Å²) in [6.07, 6.45) is 2.07. The molecule has 0 aliphatic carbocycles. The predicted octanol–water partition coefficient (Wildman–Crippen LogP) is 6.52. The Balaban J connectivity index is 1.71. The number of alkyl halides is 2. The van der Waals surface area contributed by atoms with E-state index >= 15 is 0 Å². The van der Waals surface area contributed by atoms with Gasteiger partial charge in [-0.1, -0.05) is 18.2 Å². The van der Waals surface area contributed by atoms with Gasteiger partial charge in [-0.15, -0.1) is 0 Å². The smallest absolute Gasteiger partial charge is 0.270 e. The largest absolute Gasteiger partial charge is 0.481 e. The highest BCUT2D eigenvalue weighted by Crippen LogP contribution is 2.38. The summed E-state index contributed by atoms with van der Waals surface area (Å²) in [5.41, 5.74) is 3.06. The van der Waals surface area contributed by atoms with Crippen molar-refractivity contribution in [3.63, 3.8) is 0 Å². The van der Waals surface area contributed by atoms with Crippen LogP contribution in [0.4, 0.5) is 14.6 Å². The first kappa shape index (κ1) is 26.2. The van der Waals surface area contributed by atoms with E-state index in [2.05, 4.69) is 40.1 Å². The fraction of sp³-hybridized carbons (Fsp3) is 0.536. The van der Waals surface area contributed by atoms with Crippen molar-refractivity contribution in [2.24, 2.45) is 0 Å². The highest BCUT2D eigenvalue weighted by atomic mass is 19.3. The number of aryl methyl sites for hydroxylation is 1. The van der Waals surface area contributed by atoms with Gasteiger partial charge in [0.1, 0.15) is 11.6 Å². The van der Waals surface area contributed by atoms with Crippen LogP contribution >= 0.6 is 0 Å². The monoisotopic (exact) mass is 497 g/mol. The zero-order valence-corrected chi connectivity index (χ0v) is 22.3. The van der Waals surface area contributed by atoms with Crippen molar-refractivity contribution in [1.82, 2.24) is 19.9 Å². The van der Waals surface area contributed by atoms with Gasteiger partial charge in [0.25, 0.3) is 5.92 Å². The average Bonchev–Trinajstić information content (AvgIpc) is 2.82. The standard InChI is InChI=1S/C28H37F2N5O/c1-16(2)35-13-11-20(12-14-35)22-15-23-25(32-19(5)33-26(23)34-27(22)36-7)31-18(4)21-9-8-10-24(17(21)3)28(6,29)30/h8-10,15-16,18,20H,11-14H2,1-7H3,(H,31,32,33,34)/t18-/m1/s1. The lowest BCUT2D eigenvalue weighted by Gasteiger charge is -2.35. The normalized spacial score (nSPS) is 16.5. The van der Waals surface area contributed by atoms with Crippen LogP contribution in [0.2, 0.25) is 0 Å². The molecule has 1 aliphatic rings. The third-order valence-electron chi connectivity index (χ3n) is 7.35. The quantitative estimate of drug-likeness (QED) is 0.401. The first-order chi connectivity index (χ1) is 17.0. The van der Waals surface area contributed by atoms with E-state index in [-0.39, 0.29) is 11.6 Å². The summed E-state index contributed by atoms with van der Waals surface area (Å²) in [5.74, 6) is -0.733. The molecule has 194 valence electrons. The zero-order valence-electron chi connectivity index (χ0n) is 22.3. The van der Waals surface area contributed by atoms with Crippen molar-refractivity contribution < 1.29 is 13.5 Å². The number of halogens is 2. The van der Waals surface area contributed by atoms with Crippen molar-refractivity contribution >= 4 is 16.9 Å². The lowest BCUT2D eigenvalue weighted by atomic mass is 9.89. The second kappa shape index (κ2) is 10.2. The van der Waals surface area contributed by atoms with Crippen LogP contribution in [0.25, 0.3) is 11.0 Å². The fourth-order valence-corrected chi connectivity index (χ4v) is 5.34. The first-order valence-electron chi connectivity index (χ1n) is 12.7. The van der Waals surface area contributed by atoms with Gasteiger partial charge in [0.15, 0.2) is 5.65 Å². The number of anilines is 1. The minimum Gasteiger partial charge on any atom is -0.481 e. The van der Waals surface area contributed by atoms with Gasteiger partial charge in [-0.2, -0.15) is 4.98 Å². The third kappa shape index (κ3) is 5.28. The van der Waals surface area contributed by atoms with Crippen LogP contribution in [0.5, 0.6) is 5.88 Å². The first-order valence-corrected chi connectivity index (χ1v) is 12.7. The van der Waals surface area contributed by atoms with E-state index in [1.165, 1.54) is 6.07 Å². The number of fused-ring (bicyclic) bond motifs is 1. The molecule has 4 rings (SSSR count). The van der Waals surface area contributed by atoms with E-state index in [0.29, 0.717) is 40.7 Å². The molecule has 2 aromatic heterocycles. The maximum atomic E-state index is 14.1. The molecule has 0 saturated carbocycles. The summed E-state index contributed by atoms with van der Waals surface area (Å²) < 4.78 is 34.0. The number of rotatable bonds is 7. The molecule has 8 heteroatoms. The van der Waals surface area contributed by atoms with Gasteiger partial charge in [0.05, 0.1) is 18.5 Å². The molecule has 1 fully saturated rings. The molecular weight excluding hydrogens is 460 g/mol. The van der Waals surface area contributed by atoms with Crippen molar-refractivity contribution in [2.75, 3.05) is 25.5 Å². The molecule has 0 radical (unpaired) electrons. The third-order valence-corrected chi connectivity index (χ3v) is 7.35. The van der Waals surface area contributed by atoms with Crippen LogP contribution < -0.4 is 10.1 Å². The summed E-state index contributed by atoms with van der Waals surface area (Å²) >= 11 is 0. The van der Waals surface area contributed by atoms with E-state index in [9.17, 15) is 8.78 Å². The minimum absolute atomic E-state index is 0.0406.